The molecule has 0 bridgehead atoms. The van der Waals surface area contributed by atoms with Gasteiger partial charge in [0.1, 0.15) is 0 Å². The molecule has 0 aliphatic heterocycles. The molecular formula is C21H21ClN4O. The van der Waals surface area contributed by atoms with Gasteiger partial charge in [0.15, 0.2) is 0 Å². The Hall–Kier alpha value is -2.92. The SMILES string of the molecule is CC(C)(C)c1ccc(NC(=O)c2cnc(Nc3ccccc3Cl)nc2)cc1. The first-order valence-electron chi connectivity index (χ1n) is 8.58. The minimum absolute atomic E-state index is 0.0703. The van der Waals surface area contributed by atoms with Crippen molar-refractivity contribution in [1.82, 2.24) is 9.97 Å². The lowest BCUT2D eigenvalue weighted by molar-refractivity contribution is 0.102. The second-order valence-corrected chi connectivity index (χ2v) is 7.59. The zero-order valence-corrected chi connectivity index (χ0v) is 16.2. The molecule has 0 radical (unpaired) electrons. The molecule has 0 fully saturated rings. The van der Waals surface area contributed by atoms with Crippen LogP contribution in [0.3, 0.4) is 0 Å². The summed E-state index contributed by atoms with van der Waals surface area (Å²) in [4.78, 5) is 20.8. The smallest absolute Gasteiger partial charge is 0.258 e. The number of benzene rings is 2. The average molecular weight is 381 g/mol. The summed E-state index contributed by atoms with van der Waals surface area (Å²) in [7, 11) is 0. The molecule has 27 heavy (non-hydrogen) atoms. The van der Waals surface area contributed by atoms with Gasteiger partial charge in [-0.1, -0.05) is 56.6 Å². The number of carbonyl (C=O) groups excluding carboxylic acids is 1. The first-order valence-corrected chi connectivity index (χ1v) is 8.96. The predicted octanol–water partition coefficient (Wildman–Crippen LogP) is 5.42. The molecule has 6 heteroatoms. The monoisotopic (exact) mass is 380 g/mol. The van der Waals surface area contributed by atoms with Gasteiger partial charge >= 0.3 is 0 Å². The van der Waals surface area contributed by atoms with Crippen molar-refractivity contribution in [3.05, 3.63) is 77.1 Å². The lowest BCUT2D eigenvalue weighted by Gasteiger charge is -2.19. The van der Waals surface area contributed by atoms with Gasteiger partial charge in [0.2, 0.25) is 5.95 Å². The summed E-state index contributed by atoms with van der Waals surface area (Å²) in [5.41, 5.74) is 3.08. The summed E-state index contributed by atoms with van der Waals surface area (Å²) in [6, 6.07) is 15.1. The van der Waals surface area contributed by atoms with Crippen LogP contribution < -0.4 is 10.6 Å². The predicted molar refractivity (Wildman–Crippen MR) is 110 cm³/mol. The quantitative estimate of drug-likeness (QED) is 0.633. The van der Waals surface area contributed by atoms with Crippen molar-refractivity contribution in [1.29, 1.82) is 0 Å². The highest BCUT2D eigenvalue weighted by Gasteiger charge is 2.14. The normalized spacial score (nSPS) is 11.1. The maximum Gasteiger partial charge on any atom is 0.258 e. The number of rotatable bonds is 4. The largest absolute Gasteiger partial charge is 0.323 e. The van der Waals surface area contributed by atoms with Crippen LogP contribution in [0, 0.1) is 0 Å². The molecule has 1 aromatic heterocycles. The van der Waals surface area contributed by atoms with Gasteiger partial charge in [-0.3, -0.25) is 4.79 Å². The fourth-order valence-electron chi connectivity index (χ4n) is 2.45. The van der Waals surface area contributed by atoms with E-state index in [-0.39, 0.29) is 11.3 Å². The van der Waals surface area contributed by atoms with Crippen molar-refractivity contribution < 1.29 is 4.79 Å². The van der Waals surface area contributed by atoms with Crippen LogP contribution in [0.5, 0.6) is 0 Å². The Morgan fingerprint density at radius 3 is 2.19 bits per heavy atom. The van der Waals surface area contributed by atoms with Crippen molar-refractivity contribution >= 4 is 34.8 Å². The molecule has 2 aromatic carbocycles. The molecule has 0 saturated heterocycles. The van der Waals surface area contributed by atoms with E-state index in [4.69, 9.17) is 11.6 Å². The second kappa shape index (κ2) is 7.76. The molecule has 1 heterocycles. The molecule has 0 aliphatic carbocycles. The molecule has 5 nitrogen and oxygen atoms in total. The Morgan fingerprint density at radius 2 is 1.59 bits per heavy atom. The van der Waals surface area contributed by atoms with Gasteiger partial charge in [0, 0.05) is 18.1 Å². The number of nitrogens with one attached hydrogen (secondary N) is 2. The van der Waals surface area contributed by atoms with Gasteiger partial charge in [-0.05, 0) is 35.2 Å². The summed E-state index contributed by atoms with van der Waals surface area (Å²) in [6.45, 7) is 6.45. The summed E-state index contributed by atoms with van der Waals surface area (Å²) in [5.74, 6) is 0.108. The molecule has 1 amide bonds. The molecular weight excluding hydrogens is 360 g/mol. The molecule has 0 unspecified atom stereocenters. The van der Waals surface area contributed by atoms with E-state index in [0.717, 1.165) is 5.69 Å². The highest BCUT2D eigenvalue weighted by Crippen LogP contribution is 2.24. The van der Waals surface area contributed by atoms with Crippen molar-refractivity contribution in [3.8, 4) is 0 Å². The van der Waals surface area contributed by atoms with E-state index in [1.54, 1.807) is 6.07 Å². The van der Waals surface area contributed by atoms with Crippen LogP contribution in [-0.2, 0) is 5.41 Å². The molecule has 3 rings (SSSR count). The minimum atomic E-state index is -0.261. The number of amides is 1. The molecule has 0 spiro atoms. The van der Waals surface area contributed by atoms with Crippen molar-refractivity contribution in [2.75, 3.05) is 10.6 Å². The molecule has 2 N–H and O–H groups in total. The molecule has 0 saturated carbocycles. The van der Waals surface area contributed by atoms with Crippen LogP contribution in [0.25, 0.3) is 0 Å². The van der Waals surface area contributed by atoms with Gasteiger partial charge in [0.05, 0.1) is 16.3 Å². The summed E-state index contributed by atoms with van der Waals surface area (Å²) in [5, 5.41) is 6.45. The Bertz CT molecular complexity index is 932. The standard InChI is InChI=1S/C21H21ClN4O/c1-21(2,3)15-8-10-16(11-9-15)25-19(27)14-12-23-20(24-13-14)26-18-7-5-4-6-17(18)22/h4-13H,1-3H3,(H,25,27)(H,23,24,26). The number of anilines is 3. The first-order chi connectivity index (χ1) is 12.8. The Balaban J connectivity index is 1.66. The lowest BCUT2D eigenvalue weighted by Crippen LogP contribution is -2.14. The van der Waals surface area contributed by atoms with Gasteiger partial charge in [-0.2, -0.15) is 0 Å². The zero-order valence-electron chi connectivity index (χ0n) is 15.5. The number of hydrogen-bond donors (Lipinski definition) is 2. The topological polar surface area (TPSA) is 66.9 Å². The van der Waals surface area contributed by atoms with Crippen LogP contribution in [0.4, 0.5) is 17.3 Å². The van der Waals surface area contributed by atoms with E-state index >= 15 is 0 Å². The van der Waals surface area contributed by atoms with Crippen molar-refractivity contribution in [2.24, 2.45) is 0 Å². The van der Waals surface area contributed by atoms with E-state index in [0.29, 0.717) is 22.2 Å². The summed E-state index contributed by atoms with van der Waals surface area (Å²) in [6.07, 6.45) is 2.95. The first kappa shape index (κ1) is 18.9. The number of hydrogen-bond acceptors (Lipinski definition) is 4. The Labute approximate surface area is 163 Å². The lowest BCUT2D eigenvalue weighted by atomic mass is 9.87. The summed E-state index contributed by atoms with van der Waals surface area (Å²) >= 11 is 6.10. The third-order valence-electron chi connectivity index (χ3n) is 4.04. The summed E-state index contributed by atoms with van der Waals surface area (Å²) < 4.78 is 0. The Morgan fingerprint density at radius 1 is 0.963 bits per heavy atom. The van der Waals surface area contributed by atoms with Crippen molar-refractivity contribution in [3.63, 3.8) is 0 Å². The van der Waals surface area contributed by atoms with Gasteiger partial charge in [-0.25, -0.2) is 9.97 Å². The van der Waals surface area contributed by atoms with Gasteiger partial charge in [-0.15, -0.1) is 0 Å². The highest BCUT2D eigenvalue weighted by molar-refractivity contribution is 6.33. The molecule has 138 valence electrons. The van der Waals surface area contributed by atoms with E-state index in [1.165, 1.54) is 18.0 Å². The van der Waals surface area contributed by atoms with E-state index in [9.17, 15) is 4.79 Å². The van der Waals surface area contributed by atoms with Crippen molar-refractivity contribution in [2.45, 2.75) is 26.2 Å². The third-order valence-corrected chi connectivity index (χ3v) is 4.37. The maximum atomic E-state index is 12.4. The van der Waals surface area contributed by atoms with E-state index in [2.05, 4.69) is 41.4 Å². The number of carbonyl (C=O) groups is 1. The third kappa shape index (κ3) is 4.83. The van der Waals surface area contributed by atoms with Crippen LogP contribution in [0.15, 0.2) is 60.9 Å². The number of para-hydroxylation sites is 1. The Kier molecular flexibility index (Phi) is 5.42. The number of nitrogens with zero attached hydrogens (tertiary/aromatic N) is 2. The molecule has 0 aliphatic rings. The van der Waals surface area contributed by atoms with Gasteiger partial charge in [0.25, 0.3) is 5.91 Å². The van der Waals surface area contributed by atoms with E-state index in [1.807, 2.05) is 42.5 Å². The van der Waals surface area contributed by atoms with Crippen LogP contribution >= 0.6 is 11.6 Å². The zero-order chi connectivity index (χ0) is 19.4. The minimum Gasteiger partial charge on any atom is -0.323 e. The molecule has 0 atom stereocenters. The fraction of sp³-hybridized carbons (Fsp3) is 0.190. The van der Waals surface area contributed by atoms with Gasteiger partial charge < -0.3 is 10.6 Å². The van der Waals surface area contributed by atoms with Crippen LogP contribution in [0.2, 0.25) is 5.02 Å². The van der Waals surface area contributed by atoms with Crippen LogP contribution in [0.1, 0.15) is 36.7 Å². The highest BCUT2D eigenvalue weighted by atomic mass is 35.5. The maximum absolute atomic E-state index is 12.4. The molecule has 3 aromatic rings. The fourth-order valence-corrected chi connectivity index (χ4v) is 2.63. The number of aromatic nitrogens is 2. The van der Waals surface area contributed by atoms with Crippen LogP contribution in [-0.4, -0.2) is 15.9 Å². The second-order valence-electron chi connectivity index (χ2n) is 7.18. The number of halogens is 1. The average Bonchev–Trinajstić information content (AvgIpc) is 2.64. The van der Waals surface area contributed by atoms with E-state index < -0.39 is 0 Å².